The van der Waals surface area contributed by atoms with Gasteiger partial charge in [-0.3, -0.25) is 10.1 Å². The highest BCUT2D eigenvalue weighted by atomic mass is 127. The summed E-state index contributed by atoms with van der Waals surface area (Å²) in [6.07, 6.45) is 0. The quantitative estimate of drug-likeness (QED) is 0.508. The minimum absolute atomic E-state index is 0.0814. The molecule has 0 saturated carbocycles. The Morgan fingerprint density at radius 2 is 1.95 bits per heavy atom. The maximum absolute atomic E-state index is 10.8. The second-order valence-corrected chi connectivity index (χ2v) is 4.97. The molecule has 19 heavy (non-hydrogen) atoms. The van der Waals surface area contributed by atoms with E-state index in [0.717, 1.165) is 5.56 Å². The normalized spacial score (nSPS) is 10.2. The summed E-state index contributed by atoms with van der Waals surface area (Å²) in [6, 6.07) is 11.9. The van der Waals surface area contributed by atoms with Gasteiger partial charge >= 0.3 is 0 Å². The van der Waals surface area contributed by atoms with Gasteiger partial charge in [-0.2, -0.15) is 0 Å². The Balaban J connectivity index is 2.22. The van der Waals surface area contributed by atoms with Crippen LogP contribution in [0.25, 0.3) is 0 Å². The van der Waals surface area contributed by atoms with Crippen LogP contribution >= 0.6 is 22.6 Å². The van der Waals surface area contributed by atoms with Crippen molar-refractivity contribution in [2.45, 2.75) is 6.61 Å². The highest BCUT2D eigenvalue weighted by Crippen LogP contribution is 2.35. The molecule has 98 valence electrons. The highest BCUT2D eigenvalue weighted by molar-refractivity contribution is 14.1. The molecule has 6 heteroatoms. The summed E-state index contributed by atoms with van der Waals surface area (Å²) in [5.41, 5.74) is 0.814. The smallest absolute Gasteiger partial charge is 0.274 e. The third-order valence-electron chi connectivity index (χ3n) is 2.46. The molecule has 0 aliphatic heterocycles. The van der Waals surface area contributed by atoms with Crippen LogP contribution in [0, 0.1) is 13.7 Å². The SMILES string of the molecule is O=[N+]([O-])c1cc(I)c(O)c(OCc2ccccc2)c1. The topological polar surface area (TPSA) is 72.6 Å². The number of rotatable bonds is 4. The van der Waals surface area contributed by atoms with Crippen LogP contribution in [-0.4, -0.2) is 10.0 Å². The number of non-ortho nitro benzene ring substituents is 1. The van der Waals surface area contributed by atoms with Gasteiger partial charge in [0.2, 0.25) is 0 Å². The Hall–Kier alpha value is -1.83. The lowest BCUT2D eigenvalue weighted by molar-refractivity contribution is -0.385. The minimum atomic E-state index is -0.517. The van der Waals surface area contributed by atoms with Gasteiger partial charge in [0.15, 0.2) is 11.5 Å². The largest absolute Gasteiger partial charge is 0.504 e. The zero-order chi connectivity index (χ0) is 13.8. The Bertz CT molecular complexity index is 601. The Morgan fingerprint density at radius 1 is 1.26 bits per heavy atom. The first-order valence-electron chi connectivity index (χ1n) is 5.41. The predicted octanol–water partition coefficient (Wildman–Crippen LogP) is 3.48. The fraction of sp³-hybridized carbons (Fsp3) is 0.0769. The second kappa shape index (κ2) is 5.87. The van der Waals surface area contributed by atoms with E-state index >= 15 is 0 Å². The first-order valence-corrected chi connectivity index (χ1v) is 6.49. The van der Waals surface area contributed by atoms with Crippen molar-refractivity contribution in [3.8, 4) is 11.5 Å². The third kappa shape index (κ3) is 3.34. The van der Waals surface area contributed by atoms with Crippen LogP contribution in [-0.2, 0) is 6.61 Å². The van der Waals surface area contributed by atoms with E-state index in [2.05, 4.69) is 0 Å². The number of benzene rings is 2. The average molecular weight is 371 g/mol. The van der Waals surface area contributed by atoms with Gasteiger partial charge in [0, 0.05) is 6.07 Å². The second-order valence-electron chi connectivity index (χ2n) is 3.81. The molecule has 0 atom stereocenters. The molecule has 0 fully saturated rings. The lowest BCUT2D eigenvalue weighted by Crippen LogP contribution is -1.97. The van der Waals surface area contributed by atoms with Crippen LogP contribution < -0.4 is 4.74 Å². The lowest BCUT2D eigenvalue weighted by Gasteiger charge is -2.09. The van der Waals surface area contributed by atoms with Gasteiger partial charge in [0.1, 0.15) is 6.61 Å². The molecule has 1 N–H and O–H groups in total. The van der Waals surface area contributed by atoms with Gasteiger partial charge < -0.3 is 9.84 Å². The van der Waals surface area contributed by atoms with E-state index in [1.165, 1.54) is 12.1 Å². The standard InChI is InChI=1S/C13H10INO4/c14-11-6-10(15(17)18)7-12(13(11)16)19-8-9-4-2-1-3-5-9/h1-7,16H,8H2. The van der Waals surface area contributed by atoms with Crippen LogP contribution in [0.1, 0.15) is 5.56 Å². The highest BCUT2D eigenvalue weighted by Gasteiger charge is 2.15. The summed E-state index contributed by atoms with van der Waals surface area (Å²) >= 11 is 1.83. The molecule has 0 spiro atoms. The molecule has 0 unspecified atom stereocenters. The van der Waals surface area contributed by atoms with E-state index in [1.807, 2.05) is 52.9 Å². The maximum Gasteiger partial charge on any atom is 0.274 e. The number of ether oxygens (including phenoxy) is 1. The van der Waals surface area contributed by atoms with Gasteiger partial charge in [-0.25, -0.2) is 0 Å². The fourth-order valence-corrected chi connectivity index (χ4v) is 2.10. The molecule has 0 aromatic heterocycles. The van der Waals surface area contributed by atoms with Crippen molar-refractivity contribution in [1.82, 2.24) is 0 Å². The summed E-state index contributed by atoms with van der Waals surface area (Å²) in [7, 11) is 0. The minimum Gasteiger partial charge on any atom is -0.504 e. The van der Waals surface area contributed by atoms with Crippen LogP contribution in [0.3, 0.4) is 0 Å². The van der Waals surface area contributed by atoms with E-state index in [4.69, 9.17) is 4.74 Å². The summed E-state index contributed by atoms with van der Waals surface area (Å²) in [5, 5.41) is 20.6. The van der Waals surface area contributed by atoms with Crippen LogP contribution in [0.4, 0.5) is 5.69 Å². The fourth-order valence-electron chi connectivity index (χ4n) is 1.51. The van der Waals surface area contributed by atoms with Gasteiger partial charge in [-0.1, -0.05) is 30.3 Å². The Kier molecular flexibility index (Phi) is 4.20. The number of nitrogens with zero attached hydrogens (tertiary/aromatic N) is 1. The lowest BCUT2D eigenvalue weighted by atomic mass is 10.2. The molecule has 0 heterocycles. The predicted molar refractivity (Wildman–Crippen MR) is 78.3 cm³/mol. The molecule has 0 aliphatic rings. The number of phenols is 1. The Labute approximate surface area is 123 Å². The van der Waals surface area contributed by atoms with Crippen LogP contribution in [0.2, 0.25) is 0 Å². The van der Waals surface area contributed by atoms with Gasteiger partial charge in [0.25, 0.3) is 5.69 Å². The van der Waals surface area contributed by atoms with Crippen molar-refractivity contribution in [2.75, 3.05) is 0 Å². The molecule has 0 radical (unpaired) electrons. The molecule has 2 aromatic rings. The van der Waals surface area contributed by atoms with Crippen molar-refractivity contribution >= 4 is 28.3 Å². The number of halogens is 1. The van der Waals surface area contributed by atoms with Crippen molar-refractivity contribution in [3.05, 3.63) is 61.7 Å². The van der Waals surface area contributed by atoms with E-state index < -0.39 is 4.92 Å². The summed E-state index contributed by atoms with van der Waals surface area (Å²) in [5.74, 6) is 0.0320. The molecule has 2 rings (SSSR count). The van der Waals surface area contributed by atoms with Crippen molar-refractivity contribution in [2.24, 2.45) is 0 Å². The third-order valence-corrected chi connectivity index (χ3v) is 3.28. The number of aromatic hydroxyl groups is 1. The average Bonchev–Trinajstić information content (AvgIpc) is 2.41. The van der Waals surface area contributed by atoms with Crippen LogP contribution in [0.5, 0.6) is 11.5 Å². The number of nitro benzene ring substituents is 1. The number of nitro groups is 1. The van der Waals surface area contributed by atoms with E-state index in [-0.39, 0.29) is 23.8 Å². The first kappa shape index (κ1) is 13.6. The number of hydrogen-bond donors (Lipinski definition) is 1. The summed E-state index contributed by atoms with van der Waals surface area (Å²) in [6.45, 7) is 0.242. The van der Waals surface area contributed by atoms with Gasteiger partial charge in [-0.05, 0) is 28.2 Å². The molecule has 0 aliphatic carbocycles. The summed E-state index contributed by atoms with van der Waals surface area (Å²) < 4.78 is 5.82. The van der Waals surface area contributed by atoms with Crippen LogP contribution in [0.15, 0.2) is 42.5 Å². The van der Waals surface area contributed by atoms with Crippen molar-refractivity contribution in [3.63, 3.8) is 0 Å². The van der Waals surface area contributed by atoms with Gasteiger partial charge in [-0.15, -0.1) is 0 Å². The maximum atomic E-state index is 10.8. The molecule has 0 amide bonds. The number of hydrogen-bond acceptors (Lipinski definition) is 4. The zero-order valence-electron chi connectivity index (χ0n) is 9.75. The van der Waals surface area contributed by atoms with E-state index in [9.17, 15) is 15.2 Å². The molecular formula is C13H10INO4. The molecule has 0 bridgehead atoms. The number of phenolic OH excluding ortho intramolecular Hbond substituents is 1. The van der Waals surface area contributed by atoms with Gasteiger partial charge in [0.05, 0.1) is 14.6 Å². The molecule has 5 nitrogen and oxygen atoms in total. The Morgan fingerprint density at radius 3 is 2.58 bits per heavy atom. The monoisotopic (exact) mass is 371 g/mol. The zero-order valence-corrected chi connectivity index (χ0v) is 11.9. The van der Waals surface area contributed by atoms with E-state index in [1.54, 1.807) is 0 Å². The van der Waals surface area contributed by atoms with E-state index in [0.29, 0.717) is 3.57 Å². The van der Waals surface area contributed by atoms with Crippen molar-refractivity contribution < 1.29 is 14.8 Å². The molecule has 2 aromatic carbocycles. The summed E-state index contributed by atoms with van der Waals surface area (Å²) in [4.78, 5) is 10.2. The van der Waals surface area contributed by atoms with Crippen molar-refractivity contribution in [1.29, 1.82) is 0 Å². The first-order chi connectivity index (χ1) is 9.08. The molecule has 0 saturated heterocycles. The molecular weight excluding hydrogens is 361 g/mol.